The highest BCUT2D eigenvalue weighted by Gasteiger charge is 2.08. The van der Waals surface area contributed by atoms with Crippen LogP contribution < -0.4 is 5.73 Å². The molecule has 3 aromatic rings. The maximum absolute atomic E-state index is 5.69. The molecule has 0 aliphatic rings. The van der Waals surface area contributed by atoms with Gasteiger partial charge in [0, 0.05) is 37.6 Å². The van der Waals surface area contributed by atoms with E-state index in [1.165, 1.54) is 16.5 Å². The second-order valence-electron chi connectivity index (χ2n) is 5.03. The Labute approximate surface area is 118 Å². The summed E-state index contributed by atoms with van der Waals surface area (Å²) in [6, 6.07) is 4.10. The fourth-order valence-electron chi connectivity index (χ4n) is 2.57. The first kappa shape index (κ1) is 12.9. The van der Waals surface area contributed by atoms with Crippen molar-refractivity contribution in [2.24, 2.45) is 12.8 Å². The molecule has 0 spiro atoms. The van der Waals surface area contributed by atoms with Gasteiger partial charge in [0.25, 0.3) is 0 Å². The molecule has 0 atom stereocenters. The molecule has 104 valence electrons. The third-order valence-electron chi connectivity index (χ3n) is 3.53. The molecule has 0 aromatic carbocycles. The Morgan fingerprint density at radius 3 is 2.90 bits per heavy atom. The van der Waals surface area contributed by atoms with Gasteiger partial charge in [-0.3, -0.25) is 4.68 Å². The number of fused-ring (bicyclic) bond motifs is 1. The minimum atomic E-state index is 0.663. The fraction of sp³-hybridized carbons (Fsp3) is 0.333. The monoisotopic (exact) mass is 269 g/mol. The molecule has 0 unspecified atom stereocenters. The number of rotatable bonds is 5. The van der Waals surface area contributed by atoms with E-state index in [-0.39, 0.29) is 0 Å². The minimum Gasteiger partial charge on any atom is -0.332 e. The van der Waals surface area contributed by atoms with Gasteiger partial charge in [0.15, 0.2) is 0 Å². The van der Waals surface area contributed by atoms with Crippen LogP contribution in [0.5, 0.6) is 0 Å². The Hall–Kier alpha value is -2.14. The van der Waals surface area contributed by atoms with Crippen LogP contribution in [0.2, 0.25) is 0 Å². The van der Waals surface area contributed by atoms with Crippen LogP contribution in [0.25, 0.3) is 11.0 Å². The molecule has 0 saturated heterocycles. The van der Waals surface area contributed by atoms with E-state index < -0.39 is 0 Å². The maximum Gasteiger partial charge on any atom is 0.140 e. The molecule has 0 bridgehead atoms. The third kappa shape index (κ3) is 2.44. The Balaban J connectivity index is 1.87. The van der Waals surface area contributed by atoms with Gasteiger partial charge in [-0.25, -0.2) is 4.98 Å². The molecule has 3 rings (SSSR count). The number of aromatic nitrogens is 4. The summed E-state index contributed by atoms with van der Waals surface area (Å²) < 4.78 is 4.05. The normalized spacial score (nSPS) is 11.3. The van der Waals surface area contributed by atoms with Crippen LogP contribution in [-0.4, -0.2) is 25.9 Å². The van der Waals surface area contributed by atoms with Crippen molar-refractivity contribution >= 4 is 11.0 Å². The second-order valence-corrected chi connectivity index (χ2v) is 5.03. The standard InChI is InChI=1S/C15H19N5/c1-19-10-12(9-18-19)5-8-20-11-13(4-6-16)14-3-2-7-17-15(14)20/h2-3,7,9-11H,4-6,8,16H2,1H3. The Kier molecular flexibility index (Phi) is 3.52. The predicted molar refractivity (Wildman–Crippen MR) is 79.4 cm³/mol. The molecular weight excluding hydrogens is 250 g/mol. The Morgan fingerprint density at radius 1 is 1.25 bits per heavy atom. The van der Waals surface area contributed by atoms with E-state index in [0.717, 1.165) is 25.0 Å². The Bertz CT molecular complexity index is 710. The van der Waals surface area contributed by atoms with Gasteiger partial charge in [0.2, 0.25) is 0 Å². The predicted octanol–water partition coefficient (Wildman–Crippen LogP) is 1.51. The highest BCUT2D eigenvalue weighted by atomic mass is 15.2. The highest BCUT2D eigenvalue weighted by Crippen LogP contribution is 2.20. The maximum atomic E-state index is 5.69. The molecule has 0 aliphatic carbocycles. The lowest BCUT2D eigenvalue weighted by atomic mass is 10.2. The summed E-state index contributed by atoms with van der Waals surface area (Å²) in [6.45, 7) is 1.57. The van der Waals surface area contributed by atoms with Crippen LogP contribution >= 0.6 is 0 Å². The fourth-order valence-corrected chi connectivity index (χ4v) is 2.57. The molecule has 3 heterocycles. The van der Waals surface area contributed by atoms with Gasteiger partial charge < -0.3 is 10.3 Å². The van der Waals surface area contributed by atoms with Crippen LogP contribution in [0.15, 0.2) is 36.9 Å². The smallest absolute Gasteiger partial charge is 0.140 e. The van der Waals surface area contributed by atoms with Crippen molar-refractivity contribution in [3.63, 3.8) is 0 Å². The summed E-state index contributed by atoms with van der Waals surface area (Å²) >= 11 is 0. The molecule has 0 fully saturated rings. The van der Waals surface area contributed by atoms with Crippen molar-refractivity contribution in [2.45, 2.75) is 19.4 Å². The topological polar surface area (TPSA) is 61.7 Å². The number of hydrogen-bond donors (Lipinski definition) is 1. The number of hydrogen-bond acceptors (Lipinski definition) is 3. The van der Waals surface area contributed by atoms with Crippen LogP contribution in [0, 0.1) is 0 Å². The molecule has 0 radical (unpaired) electrons. The van der Waals surface area contributed by atoms with E-state index in [0.29, 0.717) is 6.54 Å². The summed E-state index contributed by atoms with van der Waals surface area (Å²) in [7, 11) is 1.94. The van der Waals surface area contributed by atoms with Crippen molar-refractivity contribution in [1.82, 2.24) is 19.3 Å². The van der Waals surface area contributed by atoms with Crippen LogP contribution in [0.3, 0.4) is 0 Å². The summed E-state index contributed by atoms with van der Waals surface area (Å²) in [5.74, 6) is 0. The lowest BCUT2D eigenvalue weighted by Crippen LogP contribution is -2.02. The van der Waals surface area contributed by atoms with E-state index in [9.17, 15) is 0 Å². The van der Waals surface area contributed by atoms with E-state index in [4.69, 9.17) is 5.73 Å². The Morgan fingerprint density at radius 2 is 2.15 bits per heavy atom. The lowest BCUT2D eigenvalue weighted by Gasteiger charge is -2.02. The van der Waals surface area contributed by atoms with Crippen molar-refractivity contribution in [3.05, 3.63) is 48.0 Å². The summed E-state index contributed by atoms with van der Waals surface area (Å²) in [5.41, 5.74) is 9.25. The molecule has 3 aromatic heterocycles. The molecule has 5 heteroatoms. The van der Waals surface area contributed by atoms with Crippen LogP contribution in [0.4, 0.5) is 0 Å². The first-order valence-electron chi connectivity index (χ1n) is 6.88. The van der Waals surface area contributed by atoms with Crippen molar-refractivity contribution in [2.75, 3.05) is 6.54 Å². The molecule has 5 nitrogen and oxygen atoms in total. The van der Waals surface area contributed by atoms with Gasteiger partial charge in [-0.05, 0) is 42.6 Å². The average molecular weight is 269 g/mol. The van der Waals surface area contributed by atoms with Gasteiger partial charge in [-0.1, -0.05) is 0 Å². The number of pyridine rings is 1. The quantitative estimate of drug-likeness (QED) is 0.764. The zero-order chi connectivity index (χ0) is 13.9. The number of aryl methyl sites for hydroxylation is 3. The zero-order valence-electron chi connectivity index (χ0n) is 11.7. The minimum absolute atomic E-state index is 0.663. The van der Waals surface area contributed by atoms with Crippen LogP contribution in [0.1, 0.15) is 11.1 Å². The largest absolute Gasteiger partial charge is 0.332 e. The summed E-state index contributed by atoms with van der Waals surface area (Å²) in [6.07, 6.45) is 9.84. The van der Waals surface area contributed by atoms with E-state index in [1.807, 2.05) is 30.2 Å². The highest BCUT2D eigenvalue weighted by molar-refractivity contribution is 5.80. The first-order chi connectivity index (χ1) is 9.78. The van der Waals surface area contributed by atoms with E-state index >= 15 is 0 Å². The van der Waals surface area contributed by atoms with Crippen molar-refractivity contribution in [3.8, 4) is 0 Å². The number of nitrogens with two attached hydrogens (primary N) is 1. The summed E-state index contributed by atoms with van der Waals surface area (Å²) in [4.78, 5) is 4.50. The zero-order valence-corrected chi connectivity index (χ0v) is 11.7. The second kappa shape index (κ2) is 5.46. The van der Waals surface area contributed by atoms with Gasteiger partial charge in [0.1, 0.15) is 5.65 Å². The van der Waals surface area contributed by atoms with Gasteiger partial charge in [0.05, 0.1) is 6.20 Å². The van der Waals surface area contributed by atoms with E-state index in [1.54, 1.807) is 0 Å². The molecule has 0 amide bonds. The van der Waals surface area contributed by atoms with Gasteiger partial charge in [-0.2, -0.15) is 5.10 Å². The lowest BCUT2D eigenvalue weighted by molar-refractivity contribution is 0.711. The van der Waals surface area contributed by atoms with Crippen LogP contribution in [-0.2, 0) is 26.4 Å². The average Bonchev–Trinajstić information content (AvgIpc) is 3.02. The van der Waals surface area contributed by atoms with E-state index in [2.05, 4.69) is 33.1 Å². The summed E-state index contributed by atoms with van der Waals surface area (Å²) in [5, 5.41) is 5.41. The molecule has 2 N–H and O–H groups in total. The molecule has 0 saturated carbocycles. The molecule has 0 aliphatic heterocycles. The third-order valence-corrected chi connectivity index (χ3v) is 3.53. The SMILES string of the molecule is Cn1cc(CCn2cc(CCN)c3cccnc32)cn1. The molecular formula is C15H19N5. The van der Waals surface area contributed by atoms with Crippen molar-refractivity contribution in [1.29, 1.82) is 0 Å². The van der Waals surface area contributed by atoms with Gasteiger partial charge in [-0.15, -0.1) is 0 Å². The first-order valence-corrected chi connectivity index (χ1v) is 6.88. The number of nitrogens with zero attached hydrogens (tertiary/aromatic N) is 4. The van der Waals surface area contributed by atoms with Gasteiger partial charge >= 0.3 is 0 Å². The molecule has 20 heavy (non-hydrogen) atoms. The van der Waals surface area contributed by atoms with Crippen molar-refractivity contribution < 1.29 is 0 Å².